The normalized spacial score (nSPS) is 21.0. The van der Waals surface area contributed by atoms with E-state index in [0.717, 1.165) is 6.42 Å². The number of likely N-dealkylation sites (tertiary alicyclic amines) is 1. The summed E-state index contributed by atoms with van der Waals surface area (Å²) in [5.41, 5.74) is 6.48. The minimum absolute atomic E-state index is 0. The maximum Gasteiger partial charge on any atom is 0.273 e. The molecule has 7 heteroatoms. The Kier molecular flexibility index (Phi) is 5.69. The second-order valence-electron chi connectivity index (χ2n) is 5.35. The van der Waals surface area contributed by atoms with Crippen molar-refractivity contribution in [3.05, 3.63) is 39.4 Å². The molecule has 1 amide bonds. The first kappa shape index (κ1) is 17.4. The molecular weight excluding hydrogens is 294 g/mol. The largest absolute Gasteiger partial charge is 0.336 e. The van der Waals surface area contributed by atoms with Gasteiger partial charge >= 0.3 is 0 Å². The Balaban J connectivity index is 0.00000220. The van der Waals surface area contributed by atoms with E-state index in [0.29, 0.717) is 30.1 Å². The zero-order valence-corrected chi connectivity index (χ0v) is 12.9. The molecule has 1 aliphatic heterocycles. The minimum atomic E-state index is -0.456. The number of hydrogen-bond donors (Lipinski definition) is 1. The number of benzene rings is 1. The predicted molar refractivity (Wildman–Crippen MR) is 82.7 cm³/mol. The van der Waals surface area contributed by atoms with E-state index in [1.165, 1.54) is 6.07 Å². The van der Waals surface area contributed by atoms with Gasteiger partial charge in [-0.15, -0.1) is 12.4 Å². The lowest BCUT2D eigenvalue weighted by atomic mass is 10.1. The third-order valence-electron chi connectivity index (χ3n) is 3.99. The molecule has 0 bridgehead atoms. The molecule has 0 aromatic heterocycles. The smallest absolute Gasteiger partial charge is 0.273 e. The van der Waals surface area contributed by atoms with Crippen molar-refractivity contribution < 1.29 is 9.72 Å². The van der Waals surface area contributed by atoms with E-state index >= 15 is 0 Å². The number of nitrogens with two attached hydrogens (primary N) is 1. The molecule has 0 aliphatic carbocycles. The number of nitro benzene ring substituents is 1. The van der Waals surface area contributed by atoms with Gasteiger partial charge in [0.15, 0.2) is 0 Å². The van der Waals surface area contributed by atoms with E-state index in [1.807, 2.05) is 6.92 Å². The maximum atomic E-state index is 12.6. The van der Waals surface area contributed by atoms with Gasteiger partial charge in [-0.05, 0) is 38.8 Å². The highest BCUT2D eigenvalue weighted by Gasteiger charge is 2.33. The molecule has 1 saturated heterocycles. The summed E-state index contributed by atoms with van der Waals surface area (Å²) in [6, 6.07) is 4.74. The number of halogens is 1. The van der Waals surface area contributed by atoms with Crippen molar-refractivity contribution in [2.75, 3.05) is 13.1 Å². The molecule has 1 heterocycles. The second kappa shape index (κ2) is 6.87. The molecule has 0 saturated carbocycles. The number of nitrogens with zero attached hydrogens (tertiary/aromatic N) is 2. The molecule has 1 aromatic rings. The minimum Gasteiger partial charge on any atom is -0.336 e. The molecular formula is C14H20ClN3O3. The van der Waals surface area contributed by atoms with Crippen molar-refractivity contribution in [2.45, 2.75) is 26.3 Å². The average Bonchev–Trinajstić information content (AvgIpc) is 2.79. The average molecular weight is 314 g/mol. The van der Waals surface area contributed by atoms with E-state index < -0.39 is 4.92 Å². The Morgan fingerprint density at radius 2 is 2.19 bits per heavy atom. The third kappa shape index (κ3) is 3.33. The van der Waals surface area contributed by atoms with Crippen LogP contribution in [0.25, 0.3) is 0 Å². The van der Waals surface area contributed by atoms with Crippen LogP contribution in [0.15, 0.2) is 18.2 Å². The Morgan fingerprint density at radius 3 is 2.71 bits per heavy atom. The number of carbonyl (C=O) groups excluding carboxylic acids is 1. The molecule has 6 nitrogen and oxygen atoms in total. The third-order valence-corrected chi connectivity index (χ3v) is 3.99. The van der Waals surface area contributed by atoms with Crippen molar-refractivity contribution in [1.82, 2.24) is 4.90 Å². The summed E-state index contributed by atoms with van der Waals surface area (Å²) >= 11 is 0. The van der Waals surface area contributed by atoms with Crippen LogP contribution in [0.1, 0.15) is 29.3 Å². The molecule has 0 spiro atoms. The molecule has 1 aromatic carbocycles. The molecule has 116 valence electrons. The first-order valence-electron chi connectivity index (χ1n) is 6.70. The first-order chi connectivity index (χ1) is 9.45. The lowest BCUT2D eigenvalue weighted by Crippen LogP contribution is -2.34. The monoisotopic (exact) mass is 313 g/mol. The van der Waals surface area contributed by atoms with Crippen molar-refractivity contribution in [3.63, 3.8) is 0 Å². The quantitative estimate of drug-likeness (QED) is 0.683. The standard InChI is InChI=1S/C14H19N3O3.ClH/c1-9-6-11(7-15)8-16(9)14(18)12-4-3-5-13(10(12)2)17(19)20;/h3-5,9,11H,6-8,15H2,1-2H3;1H. The van der Waals surface area contributed by atoms with Crippen LogP contribution in [0.4, 0.5) is 5.69 Å². The van der Waals surface area contributed by atoms with Gasteiger partial charge in [-0.25, -0.2) is 0 Å². The number of hydrogen-bond acceptors (Lipinski definition) is 4. The fourth-order valence-electron chi connectivity index (χ4n) is 2.80. The predicted octanol–water partition coefficient (Wildman–Crippen LogP) is 2.13. The SMILES string of the molecule is Cc1c(C(=O)N2CC(CN)CC2C)cccc1[N+](=O)[O-].Cl. The topological polar surface area (TPSA) is 89.5 Å². The van der Waals surface area contributed by atoms with Crippen molar-refractivity contribution in [3.8, 4) is 0 Å². The Morgan fingerprint density at radius 1 is 1.52 bits per heavy atom. The molecule has 0 radical (unpaired) electrons. The lowest BCUT2D eigenvalue weighted by Gasteiger charge is -2.22. The van der Waals surface area contributed by atoms with Crippen LogP contribution in [0.5, 0.6) is 0 Å². The highest BCUT2D eigenvalue weighted by atomic mass is 35.5. The lowest BCUT2D eigenvalue weighted by molar-refractivity contribution is -0.385. The summed E-state index contributed by atoms with van der Waals surface area (Å²) in [6.45, 7) is 4.79. The van der Waals surface area contributed by atoms with Crippen LogP contribution in [-0.2, 0) is 0 Å². The van der Waals surface area contributed by atoms with Crippen LogP contribution in [0.3, 0.4) is 0 Å². The van der Waals surface area contributed by atoms with Gasteiger partial charge in [0.25, 0.3) is 11.6 Å². The van der Waals surface area contributed by atoms with Gasteiger partial charge in [-0.3, -0.25) is 14.9 Å². The van der Waals surface area contributed by atoms with Gasteiger partial charge in [0.05, 0.1) is 4.92 Å². The van der Waals surface area contributed by atoms with Crippen LogP contribution < -0.4 is 5.73 Å². The van der Waals surface area contributed by atoms with Crippen molar-refractivity contribution in [1.29, 1.82) is 0 Å². The van der Waals surface area contributed by atoms with Gasteiger partial charge in [0, 0.05) is 29.8 Å². The zero-order valence-electron chi connectivity index (χ0n) is 12.1. The van der Waals surface area contributed by atoms with E-state index in [-0.39, 0.29) is 30.0 Å². The fraction of sp³-hybridized carbons (Fsp3) is 0.500. The zero-order chi connectivity index (χ0) is 14.9. The highest BCUT2D eigenvalue weighted by molar-refractivity contribution is 5.97. The molecule has 1 fully saturated rings. The summed E-state index contributed by atoms with van der Waals surface area (Å²) in [5, 5.41) is 10.9. The molecule has 2 N–H and O–H groups in total. The van der Waals surface area contributed by atoms with Crippen LogP contribution >= 0.6 is 12.4 Å². The van der Waals surface area contributed by atoms with E-state index in [2.05, 4.69) is 0 Å². The van der Waals surface area contributed by atoms with Gasteiger partial charge in [0.2, 0.25) is 0 Å². The summed E-state index contributed by atoms with van der Waals surface area (Å²) in [6.07, 6.45) is 0.885. The summed E-state index contributed by atoms with van der Waals surface area (Å²) in [4.78, 5) is 24.8. The van der Waals surface area contributed by atoms with E-state index in [1.54, 1.807) is 24.0 Å². The number of amides is 1. The summed E-state index contributed by atoms with van der Waals surface area (Å²) in [5.74, 6) is 0.169. The van der Waals surface area contributed by atoms with Crippen molar-refractivity contribution >= 4 is 24.0 Å². The van der Waals surface area contributed by atoms with Gasteiger partial charge < -0.3 is 10.6 Å². The van der Waals surface area contributed by atoms with Gasteiger partial charge in [-0.2, -0.15) is 0 Å². The number of carbonyl (C=O) groups is 1. The number of nitro groups is 1. The Hall–Kier alpha value is -1.66. The summed E-state index contributed by atoms with van der Waals surface area (Å²) in [7, 11) is 0. The Bertz CT molecular complexity index is 550. The first-order valence-corrected chi connectivity index (χ1v) is 6.70. The Labute approximate surface area is 129 Å². The van der Waals surface area contributed by atoms with Gasteiger partial charge in [-0.1, -0.05) is 6.07 Å². The molecule has 2 rings (SSSR count). The van der Waals surface area contributed by atoms with Gasteiger partial charge in [0.1, 0.15) is 0 Å². The molecule has 21 heavy (non-hydrogen) atoms. The van der Waals surface area contributed by atoms with Crippen LogP contribution in [-0.4, -0.2) is 34.9 Å². The highest BCUT2D eigenvalue weighted by Crippen LogP contribution is 2.27. The molecule has 2 unspecified atom stereocenters. The van der Waals surface area contributed by atoms with Crippen LogP contribution in [0, 0.1) is 23.0 Å². The second-order valence-corrected chi connectivity index (χ2v) is 5.35. The van der Waals surface area contributed by atoms with Crippen LogP contribution in [0.2, 0.25) is 0 Å². The fourth-order valence-corrected chi connectivity index (χ4v) is 2.80. The maximum absolute atomic E-state index is 12.6. The summed E-state index contributed by atoms with van der Waals surface area (Å²) < 4.78 is 0. The molecule has 2 atom stereocenters. The number of rotatable bonds is 3. The van der Waals surface area contributed by atoms with E-state index in [9.17, 15) is 14.9 Å². The van der Waals surface area contributed by atoms with E-state index in [4.69, 9.17) is 5.73 Å². The van der Waals surface area contributed by atoms with Crippen molar-refractivity contribution in [2.24, 2.45) is 11.7 Å². The molecule has 1 aliphatic rings.